The zero-order chi connectivity index (χ0) is 16.8. The zero-order valence-corrected chi connectivity index (χ0v) is 14.9. The number of hydrogen-bond acceptors (Lipinski definition) is 2. The summed E-state index contributed by atoms with van der Waals surface area (Å²) in [5.41, 5.74) is 4.61. The van der Waals surface area contributed by atoms with E-state index in [0.717, 1.165) is 46.4 Å². The van der Waals surface area contributed by atoms with Gasteiger partial charge in [-0.3, -0.25) is 9.59 Å². The predicted octanol–water partition coefficient (Wildman–Crippen LogP) is 4.10. The predicted molar refractivity (Wildman–Crippen MR) is 97.6 cm³/mol. The summed E-state index contributed by atoms with van der Waals surface area (Å²) in [5.74, 6) is -0.117. The third-order valence-electron chi connectivity index (χ3n) is 4.76. The van der Waals surface area contributed by atoms with Crippen molar-refractivity contribution in [2.45, 2.75) is 25.7 Å². The molecular weight excluding hydrogens is 368 g/mol. The number of aryl methyl sites for hydroxylation is 1. The molecule has 1 atom stereocenters. The van der Waals surface area contributed by atoms with Crippen LogP contribution in [0.4, 0.5) is 11.4 Å². The van der Waals surface area contributed by atoms with E-state index in [2.05, 4.69) is 21.2 Å². The molecule has 1 N–H and O–H groups in total. The first kappa shape index (κ1) is 15.4. The van der Waals surface area contributed by atoms with Gasteiger partial charge in [0.15, 0.2) is 0 Å². The van der Waals surface area contributed by atoms with Crippen LogP contribution in [-0.2, 0) is 11.2 Å². The second-order valence-electron chi connectivity index (χ2n) is 6.35. The van der Waals surface area contributed by atoms with Crippen LogP contribution in [0.15, 0.2) is 40.9 Å². The lowest BCUT2D eigenvalue weighted by Crippen LogP contribution is -2.32. The molecule has 0 radical (unpaired) electrons. The zero-order valence-electron chi connectivity index (χ0n) is 13.3. The number of amides is 2. The summed E-state index contributed by atoms with van der Waals surface area (Å²) in [6, 6.07) is 11.3. The molecule has 0 saturated heterocycles. The largest absolute Gasteiger partial charge is 0.322 e. The van der Waals surface area contributed by atoms with Gasteiger partial charge in [0.2, 0.25) is 5.91 Å². The molecule has 0 bridgehead atoms. The number of nitrogens with one attached hydrogen (secondary N) is 1. The maximum Gasteiger partial charge on any atom is 0.255 e. The molecule has 2 amide bonds. The maximum atomic E-state index is 12.5. The van der Waals surface area contributed by atoms with Crippen molar-refractivity contribution in [2.75, 3.05) is 16.8 Å². The van der Waals surface area contributed by atoms with Gasteiger partial charge in [0.05, 0.1) is 11.6 Å². The lowest BCUT2D eigenvalue weighted by Gasteiger charge is -2.26. The van der Waals surface area contributed by atoms with E-state index in [1.54, 1.807) is 12.1 Å². The Morgan fingerprint density at radius 3 is 2.92 bits per heavy atom. The van der Waals surface area contributed by atoms with Crippen molar-refractivity contribution in [3.8, 4) is 0 Å². The molecular formula is C19H17BrN2O2. The first-order valence-corrected chi connectivity index (χ1v) is 8.89. The van der Waals surface area contributed by atoms with Crippen LogP contribution in [0.5, 0.6) is 0 Å². The van der Waals surface area contributed by atoms with Crippen LogP contribution < -0.4 is 10.2 Å². The van der Waals surface area contributed by atoms with Crippen molar-refractivity contribution in [2.24, 2.45) is 0 Å². The van der Waals surface area contributed by atoms with Gasteiger partial charge >= 0.3 is 0 Å². The van der Waals surface area contributed by atoms with Crippen molar-refractivity contribution in [1.82, 2.24) is 0 Å². The molecule has 2 aliphatic rings. The van der Waals surface area contributed by atoms with Crippen molar-refractivity contribution < 1.29 is 9.59 Å². The summed E-state index contributed by atoms with van der Waals surface area (Å²) in [6.45, 7) is 2.74. The van der Waals surface area contributed by atoms with Crippen molar-refractivity contribution in [3.63, 3.8) is 0 Å². The van der Waals surface area contributed by atoms with Gasteiger partial charge < -0.3 is 10.2 Å². The standard InChI is InChI=1S/C19H17BrN2O2/c1-11-16-10-15(21-18(23)13-4-2-6-14(20)8-13)9-12-5-3-7-22(17(12)16)19(11)24/h2,4,6,8-11H,3,5,7H2,1H3,(H,21,23)/t11-/m1/s1. The van der Waals surface area contributed by atoms with E-state index >= 15 is 0 Å². The minimum absolute atomic E-state index is 0.139. The van der Waals surface area contributed by atoms with Crippen molar-refractivity contribution in [3.05, 3.63) is 57.6 Å². The first-order valence-electron chi connectivity index (χ1n) is 8.09. The van der Waals surface area contributed by atoms with Crippen LogP contribution in [-0.4, -0.2) is 18.4 Å². The molecule has 0 aliphatic carbocycles. The topological polar surface area (TPSA) is 49.4 Å². The third kappa shape index (κ3) is 2.44. The number of halogens is 1. The van der Waals surface area contributed by atoms with Crippen LogP contribution in [0.25, 0.3) is 0 Å². The average Bonchev–Trinajstić information content (AvgIpc) is 2.82. The summed E-state index contributed by atoms with van der Waals surface area (Å²) in [7, 11) is 0. The van der Waals surface area contributed by atoms with Crippen LogP contribution in [0.3, 0.4) is 0 Å². The van der Waals surface area contributed by atoms with Gasteiger partial charge in [-0.25, -0.2) is 0 Å². The number of carbonyl (C=O) groups is 2. The highest BCUT2D eigenvalue weighted by Gasteiger charge is 2.37. The number of anilines is 2. The number of benzene rings is 2. The second-order valence-corrected chi connectivity index (χ2v) is 7.27. The first-order chi connectivity index (χ1) is 11.5. The van der Waals surface area contributed by atoms with Crippen molar-refractivity contribution in [1.29, 1.82) is 0 Å². The molecule has 2 aromatic rings. The molecule has 4 rings (SSSR count). The number of carbonyl (C=O) groups excluding carboxylic acids is 2. The SMILES string of the molecule is C[C@H]1C(=O)N2CCCc3cc(NC(=O)c4cccc(Br)c4)cc1c32. The van der Waals surface area contributed by atoms with Gasteiger partial charge in [0.25, 0.3) is 5.91 Å². The van der Waals surface area contributed by atoms with E-state index in [0.29, 0.717) is 5.56 Å². The maximum absolute atomic E-state index is 12.5. The van der Waals surface area contributed by atoms with Gasteiger partial charge in [-0.15, -0.1) is 0 Å². The van der Waals surface area contributed by atoms with E-state index in [-0.39, 0.29) is 17.7 Å². The highest BCUT2D eigenvalue weighted by molar-refractivity contribution is 9.10. The summed E-state index contributed by atoms with van der Waals surface area (Å²) >= 11 is 3.38. The molecule has 0 fully saturated rings. The number of nitrogens with zero attached hydrogens (tertiary/aromatic N) is 1. The molecule has 5 heteroatoms. The minimum atomic E-state index is -0.145. The van der Waals surface area contributed by atoms with E-state index in [9.17, 15) is 9.59 Å². The van der Waals surface area contributed by atoms with Crippen LogP contribution in [0.2, 0.25) is 0 Å². The second kappa shape index (κ2) is 5.74. The highest BCUT2D eigenvalue weighted by atomic mass is 79.9. The Hall–Kier alpha value is -2.14. The summed E-state index contributed by atoms with van der Waals surface area (Å²) < 4.78 is 0.869. The van der Waals surface area contributed by atoms with E-state index in [1.807, 2.05) is 36.1 Å². The van der Waals surface area contributed by atoms with Crippen molar-refractivity contribution >= 4 is 39.1 Å². The molecule has 122 valence electrons. The van der Waals surface area contributed by atoms with Gasteiger partial charge in [-0.1, -0.05) is 22.0 Å². The molecule has 2 heterocycles. The van der Waals surface area contributed by atoms with E-state index in [1.165, 1.54) is 0 Å². The summed E-state index contributed by atoms with van der Waals surface area (Å²) in [4.78, 5) is 26.8. The van der Waals surface area contributed by atoms with Gasteiger partial charge in [-0.2, -0.15) is 0 Å². The third-order valence-corrected chi connectivity index (χ3v) is 5.26. The Morgan fingerprint density at radius 1 is 1.29 bits per heavy atom. The Morgan fingerprint density at radius 2 is 2.12 bits per heavy atom. The Kier molecular flexibility index (Phi) is 3.68. The van der Waals surface area contributed by atoms with E-state index in [4.69, 9.17) is 0 Å². The monoisotopic (exact) mass is 384 g/mol. The molecule has 4 nitrogen and oxygen atoms in total. The van der Waals surface area contributed by atoms with Gasteiger partial charge in [0, 0.05) is 22.3 Å². The fourth-order valence-electron chi connectivity index (χ4n) is 3.60. The number of rotatable bonds is 2. The smallest absolute Gasteiger partial charge is 0.255 e. The minimum Gasteiger partial charge on any atom is -0.322 e. The lowest BCUT2D eigenvalue weighted by atomic mass is 9.96. The van der Waals surface area contributed by atoms with Crippen LogP contribution >= 0.6 is 15.9 Å². The molecule has 0 saturated carbocycles. The molecule has 2 aromatic carbocycles. The van der Waals surface area contributed by atoms with Gasteiger partial charge in [-0.05, 0) is 61.2 Å². The average molecular weight is 385 g/mol. The normalized spacial score (nSPS) is 18.5. The van der Waals surface area contributed by atoms with Crippen LogP contribution in [0.1, 0.15) is 40.7 Å². The molecule has 0 spiro atoms. The van der Waals surface area contributed by atoms with Crippen LogP contribution in [0, 0.1) is 0 Å². The Bertz CT molecular complexity index is 862. The van der Waals surface area contributed by atoms with Gasteiger partial charge in [0.1, 0.15) is 0 Å². The molecule has 0 unspecified atom stereocenters. The van der Waals surface area contributed by atoms with E-state index < -0.39 is 0 Å². The number of hydrogen-bond donors (Lipinski definition) is 1. The summed E-state index contributed by atoms with van der Waals surface area (Å²) in [5, 5.41) is 2.97. The lowest BCUT2D eigenvalue weighted by molar-refractivity contribution is -0.119. The fraction of sp³-hybridized carbons (Fsp3) is 0.263. The summed E-state index contributed by atoms with van der Waals surface area (Å²) in [6.07, 6.45) is 1.91. The molecule has 0 aromatic heterocycles. The Labute approximate surface area is 149 Å². The molecule has 24 heavy (non-hydrogen) atoms. The molecule has 2 aliphatic heterocycles. The fourth-order valence-corrected chi connectivity index (χ4v) is 4.00. The quantitative estimate of drug-likeness (QED) is 0.847. The Balaban J connectivity index is 1.69. The highest BCUT2D eigenvalue weighted by Crippen LogP contribution is 2.44.